The third kappa shape index (κ3) is 2.74. The van der Waals surface area contributed by atoms with Gasteiger partial charge >= 0.3 is 6.18 Å². The first-order valence-electron chi connectivity index (χ1n) is 4.75. The summed E-state index contributed by atoms with van der Waals surface area (Å²) >= 11 is 0. The van der Waals surface area contributed by atoms with Gasteiger partial charge in [-0.3, -0.25) is 4.79 Å². The third-order valence-corrected chi connectivity index (χ3v) is 2.46. The summed E-state index contributed by atoms with van der Waals surface area (Å²) < 4.78 is 38.4. The van der Waals surface area contributed by atoms with Gasteiger partial charge < -0.3 is 5.73 Å². The van der Waals surface area contributed by atoms with E-state index in [0.29, 0.717) is 0 Å². The van der Waals surface area contributed by atoms with Crippen LogP contribution < -0.4 is 5.73 Å². The lowest BCUT2D eigenvalue weighted by Gasteiger charge is -2.24. The second-order valence-corrected chi connectivity index (χ2v) is 3.62. The van der Waals surface area contributed by atoms with Crippen molar-refractivity contribution in [3.8, 4) is 0 Å². The Kier molecular flexibility index (Phi) is 3.57. The number of carbonyl (C=O) groups is 1. The van der Waals surface area contributed by atoms with Crippen molar-refractivity contribution in [1.29, 1.82) is 0 Å². The van der Waals surface area contributed by atoms with Crippen molar-refractivity contribution >= 4 is 5.91 Å². The molecule has 0 aromatic heterocycles. The minimum absolute atomic E-state index is 0.0568. The van der Waals surface area contributed by atoms with Gasteiger partial charge in [-0.2, -0.15) is 13.2 Å². The molecule has 2 nitrogen and oxygen atoms in total. The first kappa shape index (κ1) is 12.5. The van der Waals surface area contributed by atoms with Crippen molar-refractivity contribution < 1.29 is 18.0 Å². The number of halogens is 3. The molecule has 0 heterocycles. The Bertz CT molecular complexity index is 361. The molecule has 2 N–H and O–H groups in total. The van der Waals surface area contributed by atoms with Crippen molar-refractivity contribution in [3.05, 3.63) is 35.9 Å². The fourth-order valence-electron chi connectivity index (χ4n) is 1.59. The van der Waals surface area contributed by atoms with Crippen LogP contribution in [0.4, 0.5) is 13.2 Å². The predicted molar refractivity (Wildman–Crippen MR) is 53.6 cm³/mol. The Morgan fingerprint density at radius 3 is 2.12 bits per heavy atom. The van der Waals surface area contributed by atoms with Crippen LogP contribution in [0.2, 0.25) is 0 Å². The molecule has 2 atom stereocenters. The molecule has 0 aliphatic heterocycles. The summed E-state index contributed by atoms with van der Waals surface area (Å²) in [7, 11) is 0. The van der Waals surface area contributed by atoms with E-state index >= 15 is 0 Å². The SMILES string of the molecule is CC(C(N)=O)C(c1ccccc1)C(F)(F)F. The molecule has 1 rings (SSSR count). The van der Waals surface area contributed by atoms with E-state index in [1.54, 1.807) is 6.07 Å². The number of benzene rings is 1. The zero-order chi connectivity index (χ0) is 12.3. The van der Waals surface area contributed by atoms with Crippen LogP contribution in [0.3, 0.4) is 0 Å². The first-order valence-corrected chi connectivity index (χ1v) is 4.75. The molecular formula is C11H12F3NO. The zero-order valence-electron chi connectivity index (χ0n) is 8.66. The highest BCUT2D eigenvalue weighted by Gasteiger charge is 2.45. The molecule has 5 heteroatoms. The summed E-state index contributed by atoms with van der Waals surface area (Å²) in [5.41, 5.74) is 4.99. The van der Waals surface area contributed by atoms with E-state index < -0.39 is 23.9 Å². The van der Waals surface area contributed by atoms with Gasteiger partial charge in [0.25, 0.3) is 0 Å². The maximum Gasteiger partial charge on any atom is 0.396 e. The summed E-state index contributed by atoms with van der Waals surface area (Å²) in [5, 5.41) is 0. The lowest BCUT2D eigenvalue weighted by atomic mass is 9.86. The fourth-order valence-corrected chi connectivity index (χ4v) is 1.59. The van der Waals surface area contributed by atoms with Crippen LogP contribution in [0, 0.1) is 5.92 Å². The summed E-state index contributed by atoms with van der Waals surface area (Å²) in [5.74, 6) is -4.07. The third-order valence-electron chi connectivity index (χ3n) is 2.46. The van der Waals surface area contributed by atoms with Gasteiger partial charge in [0.1, 0.15) is 0 Å². The van der Waals surface area contributed by atoms with Gasteiger partial charge in [0, 0.05) is 0 Å². The van der Waals surface area contributed by atoms with Crippen molar-refractivity contribution in [2.24, 2.45) is 11.7 Å². The summed E-state index contributed by atoms with van der Waals surface area (Å²) in [4.78, 5) is 10.9. The van der Waals surface area contributed by atoms with Gasteiger partial charge in [0.15, 0.2) is 0 Å². The normalized spacial score (nSPS) is 15.5. The number of amides is 1. The maximum atomic E-state index is 12.8. The molecule has 1 aromatic rings. The summed E-state index contributed by atoms with van der Waals surface area (Å²) in [6, 6.07) is 7.31. The number of hydrogen-bond donors (Lipinski definition) is 1. The van der Waals surface area contributed by atoms with Gasteiger partial charge in [-0.05, 0) is 5.56 Å². The lowest BCUT2D eigenvalue weighted by molar-refractivity contribution is -0.166. The number of hydrogen-bond acceptors (Lipinski definition) is 1. The Morgan fingerprint density at radius 1 is 1.25 bits per heavy atom. The molecular weight excluding hydrogens is 219 g/mol. The molecule has 0 radical (unpaired) electrons. The minimum atomic E-state index is -4.48. The Hall–Kier alpha value is -1.52. The molecule has 0 spiro atoms. The average Bonchev–Trinajstić information content (AvgIpc) is 2.17. The van der Waals surface area contributed by atoms with Crippen molar-refractivity contribution in [2.75, 3.05) is 0 Å². The predicted octanol–water partition coefficient (Wildman–Crippen LogP) is 2.45. The van der Waals surface area contributed by atoms with Gasteiger partial charge in [-0.25, -0.2) is 0 Å². The first-order chi connectivity index (χ1) is 7.34. The molecule has 0 aliphatic rings. The molecule has 2 unspecified atom stereocenters. The molecule has 0 fully saturated rings. The van der Waals surface area contributed by atoms with Crippen LogP contribution in [0.15, 0.2) is 30.3 Å². The number of alkyl halides is 3. The standard InChI is InChI=1S/C11H12F3NO/c1-7(10(15)16)9(11(12,13)14)8-5-3-2-4-6-8/h2-7,9H,1H3,(H2,15,16). The lowest BCUT2D eigenvalue weighted by Crippen LogP contribution is -2.34. The average molecular weight is 231 g/mol. The number of nitrogens with two attached hydrogens (primary N) is 1. The maximum absolute atomic E-state index is 12.8. The molecule has 1 amide bonds. The summed E-state index contributed by atoms with van der Waals surface area (Å²) in [6.07, 6.45) is -4.48. The highest BCUT2D eigenvalue weighted by molar-refractivity contribution is 5.77. The highest BCUT2D eigenvalue weighted by Crippen LogP contribution is 2.40. The number of carbonyl (C=O) groups excluding carboxylic acids is 1. The monoisotopic (exact) mass is 231 g/mol. The second-order valence-electron chi connectivity index (χ2n) is 3.62. The van der Waals surface area contributed by atoms with Gasteiger partial charge in [-0.1, -0.05) is 37.3 Å². The molecule has 0 saturated carbocycles. The molecule has 16 heavy (non-hydrogen) atoms. The molecule has 0 bridgehead atoms. The van der Waals surface area contributed by atoms with Crippen molar-refractivity contribution in [3.63, 3.8) is 0 Å². The van der Waals surface area contributed by atoms with Crippen molar-refractivity contribution in [1.82, 2.24) is 0 Å². The smallest absolute Gasteiger partial charge is 0.369 e. The van der Waals surface area contributed by atoms with Crippen molar-refractivity contribution in [2.45, 2.75) is 19.0 Å². The van der Waals surface area contributed by atoms with E-state index in [9.17, 15) is 18.0 Å². The molecule has 88 valence electrons. The van der Waals surface area contributed by atoms with E-state index in [1.165, 1.54) is 31.2 Å². The Morgan fingerprint density at radius 2 is 1.75 bits per heavy atom. The van der Waals surface area contributed by atoms with Crippen LogP contribution in [-0.2, 0) is 4.79 Å². The topological polar surface area (TPSA) is 43.1 Å². The fraction of sp³-hybridized carbons (Fsp3) is 0.364. The summed E-state index contributed by atoms with van der Waals surface area (Å²) in [6.45, 7) is 1.19. The van der Waals surface area contributed by atoms with Crippen LogP contribution in [-0.4, -0.2) is 12.1 Å². The Labute approximate surface area is 91.3 Å². The van der Waals surface area contributed by atoms with E-state index in [-0.39, 0.29) is 5.56 Å². The van der Waals surface area contributed by atoms with E-state index in [0.717, 1.165) is 0 Å². The number of rotatable bonds is 3. The van der Waals surface area contributed by atoms with Gasteiger partial charge in [0.05, 0.1) is 11.8 Å². The van der Waals surface area contributed by atoms with Crippen LogP contribution in [0.1, 0.15) is 18.4 Å². The molecule has 1 aromatic carbocycles. The quantitative estimate of drug-likeness (QED) is 0.853. The minimum Gasteiger partial charge on any atom is -0.369 e. The van der Waals surface area contributed by atoms with E-state index in [2.05, 4.69) is 0 Å². The van der Waals surface area contributed by atoms with Gasteiger partial charge in [0.2, 0.25) is 5.91 Å². The zero-order valence-corrected chi connectivity index (χ0v) is 8.66. The Balaban J connectivity index is 3.12. The van der Waals surface area contributed by atoms with Crippen LogP contribution >= 0.6 is 0 Å². The number of primary amides is 1. The van der Waals surface area contributed by atoms with Crippen LogP contribution in [0.5, 0.6) is 0 Å². The van der Waals surface area contributed by atoms with E-state index in [4.69, 9.17) is 5.73 Å². The van der Waals surface area contributed by atoms with E-state index in [1.807, 2.05) is 0 Å². The highest BCUT2D eigenvalue weighted by atomic mass is 19.4. The van der Waals surface area contributed by atoms with Crippen LogP contribution in [0.25, 0.3) is 0 Å². The van der Waals surface area contributed by atoms with Gasteiger partial charge in [-0.15, -0.1) is 0 Å². The largest absolute Gasteiger partial charge is 0.396 e. The second kappa shape index (κ2) is 4.55. The molecule has 0 saturated heterocycles. The molecule has 0 aliphatic carbocycles.